The number of aromatic nitrogens is 3. The number of carbonyl (C=O) groups excluding carboxylic acids is 1. The maximum absolute atomic E-state index is 14.4. The third-order valence-corrected chi connectivity index (χ3v) is 5.02. The first-order valence-electron chi connectivity index (χ1n) is 8.90. The smallest absolute Gasteiger partial charge is 0.269 e. The number of rotatable bonds is 2. The zero-order chi connectivity index (χ0) is 20.8. The van der Waals surface area contributed by atoms with Gasteiger partial charge in [-0.2, -0.15) is 5.10 Å². The standard InChI is InChI=1S/C21H18FN5O2/c1-13-21(29,9-11-26(13)2)8-7-14-12-15(5-6-17(14)22)27-20-16(4-3-10-24-20)18(25-27)19(23)28/h3-6,10,12,29H,1,9,11H2,2H3,(H2,23,28)/t21-/m0/s1. The van der Waals surface area contributed by atoms with Gasteiger partial charge in [0.15, 0.2) is 16.9 Å². The third kappa shape index (κ3) is 3.11. The molecule has 3 heterocycles. The van der Waals surface area contributed by atoms with Gasteiger partial charge in [-0.3, -0.25) is 4.79 Å². The zero-order valence-electron chi connectivity index (χ0n) is 15.7. The minimum atomic E-state index is -1.39. The van der Waals surface area contributed by atoms with E-state index >= 15 is 0 Å². The normalized spacial score (nSPS) is 18.7. The van der Waals surface area contributed by atoms with Crippen LogP contribution in [0.1, 0.15) is 22.5 Å². The number of hydrogen-bond donors (Lipinski definition) is 2. The molecular weight excluding hydrogens is 373 g/mol. The minimum Gasteiger partial charge on any atom is -0.375 e. The second-order valence-corrected chi connectivity index (χ2v) is 6.89. The van der Waals surface area contributed by atoms with Crippen LogP contribution in [0.4, 0.5) is 4.39 Å². The molecule has 0 radical (unpaired) electrons. The highest BCUT2D eigenvalue weighted by Gasteiger charge is 2.36. The van der Waals surface area contributed by atoms with E-state index in [1.54, 1.807) is 18.3 Å². The van der Waals surface area contributed by atoms with Gasteiger partial charge in [0.1, 0.15) is 5.82 Å². The summed E-state index contributed by atoms with van der Waals surface area (Å²) in [6.07, 6.45) is 1.96. The fourth-order valence-corrected chi connectivity index (χ4v) is 3.28. The molecule has 1 amide bonds. The van der Waals surface area contributed by atoms with E-state index < -0.39 is 17.3 Å². The zero-order valence-corrected chi connectivity index (χ0v) is 15.7. The Morgan fingerprint density at radius 3 is 2.90 bits per heavy atom. The van der Waals surface area contributed by atoms with Gasteiger partial charge in [-0.05, 0) is 30.3 Å². The first-order chi connectivity index (χ1) is 13.8. The first-order valence-corrected chi connectivity index (χ1v) is 8.90. The molecule has 1 atom stereocenters. The van der Waals surface area contributed by atoms with E-state index in [-0.39, 0.29) is 11.3 Å². The van der Waals surface area contributed by atoms with Crippen molar-refractivity contribution in [1.82, 2.24) is 19.7 Å². The van der Waals surface area contributed by atoms with Crippen molar-refractivity contribution in [2.75, 3.05) is 13.6 Å². The highest BCUT2D eigenvalue weighted by Crippen LogP contribution is 2.29. The van der Waals surface area contributed by atoms with Gasteiger partial charge in [0.25, 0.3) is 5.91 Å². The number of nitrogens with two attached hydrogens (primary N) is 1. The molecule has 1 aliphatic heterocycles. The summed E-state index contributed by atoms with van der Waals surface area (Å²) in [6.45, 7) is 4.47. The number of likely N-dealkylation sites (N-methyl/N-ethyl adjacent to an activating group) is 1. The molecule has 0 aliphatic carbocycles. The summed E-state index contributed by atoms with van der Waals surface area (Å²) in [5.74, 6) is 4.23. The summed E-state index contributed by atoms with van der Waals surface area (Å²) in [5.41, 5.74) is 5.53. The Kier molecular flexibility index (Phi) is 4.32. The van der Waals surface area contributed by atoms with E-state index in [9.17, 15) is 14.3 Å². The maximum atomic E-state index is 14.4. The van der Waals surface area contributed by atoms with Crippen molar-refractivity contribution in [1.29, 1.82) is 0 Å². The van der Waals surface area contributed by atoms with Crippen LogP contribution in [0.15, 0.2) is 48.8 Å². The van der Waals surface area contributed by atoms with Crippen molar-refractivity contribution < 1.29 is 14.3 Å². The predicted molar refractivity (Wildman–Crippen MR) is 106 cm³/mol. The minimum absolute atomic E-state index is 0.0738. The Morgan fingerprint density at radius 2 is 2.21 bits per heavy atom. The SMILES string of the molecule is C=C1N(C)CC[C@@]1(O)C#Cc1cc(-n2nc(C(N)=O)c3cccnc32)ccc1F. The van der Waals surface area contributed by atoms with Gasteiger partial charge in [-0.25, -0.2) is 14.1 Å². The van der Waals surface area contributed by atoms with Crippen molar-refractivity contribution in [3.63, 3.8) is 0 Å². The van der Waals surface area contributed by atoms with Gasteiger partial charge in [-0.1, -0.05) is 18.4 Å². The maximum Gasteiger partial charge on any atom is 0.269 e. The fraction of sp³-hybridized carbons (Fsp3) is 0.190. The van der Waals surface area contributed by atoms with Crippen molar-refractivity contribution >= 4 is 16.9 Å². The molecule has 3 aromatic rings. The van der Waals surface area contributed by atoms with Crippen molar-refractivity contribution in [3.8, 4) is 17.5 Å². The quantitative estimate of drug-likeness (QED) is 0.647. The Balaban J connectivity index is 1.80. The van der Waals surface area contributed by atoms with Crippen LogP contribution >= 0.6 is 0 Å². The first kappa shape index (κ1) is 18.7. The van der Waals surface area contributed by atoms with Crippen LogP contribution in [0.5, 0.6) is 0 Å². The Bertz CT molecular complexity index is 1220. The lowest BCUT2D eigenvalue weighted by molar-refractivity contribution is 0.0996. The molecular formula is C21H18FN5O2. The molecule has 0 spiro atoms. The Morgan fingerprint density at radius 1 is 1.41 bits per heavy atom. The van der Waals surface area contributed by atoms with Crippen molar-refractivity contribution in [2.45, 2.75) is 12.0 Å². The summed E-state index contributed by atoms with van der Waals surface area (Å²) in [7, 11) is 1.81. The van der Waals surface area contributed by atoms with Gasteiger partial charge < -0.3 is 15.7 Å². The molecule has 3 N–H and O–H groups in total. The number of halogens is 1. The van der Waals surface area contributed by atoms with Crippen LogP contribution < -0.4 is 5.73 Å². The van der Waals surface area contributed by atoms with Gasteiger partial charge in [0.2, 0.25) is 0 Å². The number of nitrogens with zero attached hydrogens (tertiary/aromatic N) is 4. The van der Waals surface area contributed by atoms with Crippen LogP contribution in [-0.2, 0) is 0 Å². The highest BCUT2D eigenvalue weighted by atomic mass is 19.1. The molecule has 146 valence electrons. The predicted octanol–water partition coefficient (Wildman–Crippen LogP) is 1.59. The summed E-state index contributed by atoms with van der Waals surface area (Å²) in [6, 6.07) is 7.60. The molecule has 1 aromatic carbocycles. The largest absolute Gasteiger partial charge is 0.375 e. The highest BCUT2D eigenvalue weighted by molar-refractivity contribution is 6.03. The molecule has 1 fully saturated rings. The topological polar surface area (TPSA) is 97.3 Å². The number of carbonyl (C=O) groups is 1. The lowest BCUT2D eigenvalue weighted by atomic mass is 10.0. The molecule has 29 heavy (non-hydrogen) atoms. The van der Waals surface area contributed by atoms with Crippen molar-refractivity contribution in [3.05, 3.63) is 65.9 Å². The number of pyridine rings is 1. The number of amides is 1. The van der Waals surface area contributed by atoms with Gasteiger partial charge in [-0.15, -0.1) is 0 Å². The summed E-state index contributed by atoms with van der Waals surface area (Å²) in [4.78, 5) is 17.8. The van der Waals surface area contributed by atoms with E-state index in [0.29, 0.717) is 35.4 Å². The molecule has 4 rings (SSSR count). The molecule has 1 saturated heterocycles. The molecule has 2 aromatic heterocycles. The van der Waals surface area contributed by atoms with E-state index in [2.05, 4.69) is 28.5 Å². The average Bonchev–Trinajstić information content (AvgIpc) is 3.22. The van der Waals surface area contributed by atoms with E-state index in [4.69, 9.17) is 5.73 Å². The molecule has 0 bridgehead atoms. The molecule has 8 heteroatoms. The van der Waals surface area contributed by atoms with Crippen LogP contribution in [0.2, 0.25) is 0 Å². The van der Waals surface area contributed by atoms with E-state index in [1.807, 2.05) is 11.9 Å². The number of aliphatic hydroxyl groups is 1. The number of fused-ring (bicyclic) bond motifs is 1. The lowest BCUT2D eigenvalue weighted by Gasteiger charge is -2.19. The summed E-state index contributed by atoms with van der Waals surface area (Å²) < 4.78 is 15.8. The lowest BCUT2D eigenvalue weighted by Crippen LogP contribution is -2.26. The molecule has 0 saturated carbocycles. The molecule has 0 unspecified atom stereocenters. The number of hydrogen-bond acceptors (Lipinski definition) is 5. The van der Waals surface area contributed by atoms with E-state index in [0.717, 1.165) is 0 Å². The van der Waals surface area contributed by atoms with Crippen LogP contribution in [0, 0.1) is 17.7 Å². The molecule has 1 aliphatic rings. The van der Waals surface area contributed by atoms with Gasteiger partial charge in [0.05, 0.1) is 22.3 Å². The Labute approximate surface area is 166 Å². The van der Waals surface area contributed by atoms with Gasteiger partial charge in [0, 0.05) is 26.2 Å². The van der Waals surface area contributed by atoms with Crippen LogP contribution in [-0.4, -0.2) is 49.9 Å². The third-order valence-electron chi connectivity index (χ3n) is 5.02. The van der Waals surface area contributed by atoms with E-state index in [1.165, 1.54) is 22.9 Å². The van der Waals surface area contributed by atoms with Gasteiger partial charge >= 0.3 is 0 Å². The summed E-state index contributed by atoms with van der Waals surface area (Å²) >= 11 is 0. The van der Waals surface area contributed by atoms with Crippen LogP contribution in [0.25, 0.3) is 16.7 Å². The summed E-state index contributed by atoms with van der Waals surface area (Å²) in [5, 5.41) is 15.4. The fourth-order valence-electron chi connectivity index (χ4n) is 3.28. The van der Waals surface area contributed by atoms with Crippen LogP contribution in [0.3, 0.4) is 0 Å². The second-order valence-electron chi connectivity index (χ2n) is 6.89. The number of likely N-dealkylation sites (tertiary alicyclic amines) is 1. The average molecular weight is 391 g/mol. The van der Waals surface area contributed by atoms with Crippen molar-refractivity contribution in [2.24, 2.45) is 5.73 Å². The monoisotopic (exact) mass is 391 g/mol. The number of primary amides is 1. The number of benzene rings is 1. The molecule has 7 nitrogen and oxygen atoms in total. The second kappa shape index (κ2) is 6.72. The Hall–Kier alpha value is -3.70.